The first-order chi connectivity index (χ1) is 15.5. The van der Waals surface area contributed by atoms with E-state index in [2.05, 4.69) is 6.58 Å². The van der Waals surface area contributed by atoms with E-state index >= 15 is 0 Å². The first-order valence-corrected chi connectivity index (χ1v) is 10.2. The van der Waals surface area contributed by atoms with Gasteiger partial charge in [0.1, 0.15) is 22.5 Å². The standard InChI is InChI=1S/C26H22O6/c1-3-5-10-15(4-2)20(21-23(27)16-11-6-8-13-18(16)31-25(21)29)22-24(28)17-12-7-9-14-19(17)32-26(22)30/h3-6,8,10-14,20,27-28H,1,7,9H2,2H3/b10-5-,15-4+. The van der Waals surface area contributed by atoms with E-state index in [0.29, 0.717) is 34.4 Å². The Labute approximate surface area is 183 Å². The lowest BCUT2D eigenvalue weighted by Gasteiger charge is -2.20. The van der Waals surface area contributed by atoms with E-state index in [1.807, 2.05) is 0 Å². The van der Waals surface area contributed by atoms with Crippen LogP contribution in [-0.4, -0.2) is 10.2 Å². The number of allylic oxidation sites excluding steroid dienone is 5. The molecular weight excluding hydrogens is 408 g/mol. The molecule has 0 spiro atoms. The Balaban J connectivity index is 2.14. The monoisotopic (exact) mass is 430 g/mol. The van der Waals surface area contributed by atoms with Crippen LogP contribution in [0.5, 0.6) is 11.5 Å². The summed E-state index contributed by atoms with van der Waals surface area (Å²) in [5.74, 6) is -1.73. The van der Waals surface area contributed by atoms with E-state index in [0.717, 1.165) is 0 Å². The van der Waals surface area contributed by atoms with Gasteiger partial charge in [0, 0.05) is 0 Å². The Morgan fingerprint density at radius 1 is 1.03 bits per heavy atom. The van der Waals surface area contributed by atoms with Gasteiger partial charge >= 0.3 is 11.3 Å². The molecule has 0 fully saturated rings. The fraction of sp³-hybridized carbons (Fsp3) is 0.154. The molecule has 2 aromatic heterocycles. The van der Waals surface area contributed by atoms with Crippen LogP contribution in [0.1, 0.15) is 36.8 Å². The summed E-state index contributed by atoms with van der Waals surface area (Å²) in [6.07, 6.45) is 11.4. The first kappa shape index (κ1) is 21.2. The summed E-state index contributed by atoms with van der Waals surface area (Å²) in [4.78, 5) is 26.1. The van der Waals surface area contributed by atoms with E-state index < -0.39 is 17.2 Å². The van der Waals surface area contributed by atoms with Gasteiger partial charge in [-0.05, 0) is 43.5 Å². The summed E-state index contributed by atoms with van der Waals surface area (Å²) in [6, 6.07) is 6.56. The normalized spacial score (nSPS) is 14.6. The van der Waals surface area contributed by atoms with Crippen LogP contribution in [-0.2, 0) is 0 Å². The smallest absolute Gasteiger partial charge is 0.344 e. The van der Waals surface area contributed by atoms with Gasteiger partial charge in [0.2, 0.25) is 0 Å². The average Bonchev–Trinajstić information content (AvgIpc) is 2.79. The van der Waals surface area contributed by atoms with Gasteiger partial charge in [-0.25, -0.2) is 9.59 Å². The summed E-state index contributed by atoms with van der Waals surface area (Å²) in [7, 11) is 0. The third-order valence-electron chi connectivity index (χ3n) is 5.53. The molecule has 0 amide bonds. The lowest BCUT2D eigenvalue weighted by Crippen LogP contribution is -2.35. The topological polar surface area (TPSA) is 101 Å². The highest BCUT2D eigenvalue weighted by Gasteiger charge is 2.32. The maximum Gasteiger partial charge on any atom is 0.344 e. The molecule has 0 saturated heterocycles. The van der Waals surface area contributed by atoms with Crippen LogP contribution in [0.4, 0.5) is 0 Å². The SMILES string of the molecule is C=C/C=C\C(=C/C)C(c1c(O)c2c(oc1=O)=CCCC=2)c1c(O)c2ccccc2oc1=O. The van der Waals surface area contributed by atoms with Crippen molar-refractivity contribution in [1.29, 1.82) is 0 Å². The van der Waals surface area contributed by atoms with Crippen LogP contribution in [0.25, 0.3) is 23.1 Å². The molecule has 1 aliphatic carbocycles. The highest BCUT2D eigenvalue weighted by atomic mass is 16.4. The van der Waals surface area contributed by atoms with Crippen molar-refractivity contribution >= 4 is 23.1 Å². The van der Waals surface area contributed by atoms with Crippen LogP contribution >= 0.6 is 0 Å². The van der Waals surface area contributed by atoms with Gasteiger partial charge in [-0.15, -0.1) is 0 Å². The molecule has 2 N–H and O–H groups in total. The molecule has 1 atom stereocenters. The quantitative estimate of drug-likeness (QED) is 0.476. The Bertz CT molecular complexity index is 1510. The largest absolute Gasteiger partial charge is 0.507 e. The highest BCUT2D eigenvalue weighted by molar-refractivity contribution is 5.84. The van der Waals surface area contributed by atoms with Crippen molar-refractivity contribution in [2.24, 2.45) is 0 Å². The molecule has 1 aromatic carbocycles. The molecule has 0 aliphatic heterocycles. The summed E-state index contributed by atoms with van der Waals surface area (Å²) >= 11 is 0. The van der Waals surface area contributed by atoms with Crippen molar-refractivity contribution < 1.29 is 19.0 Å². The summed E-state index contributed by atoms with van der Waals surface area (Å²) < 4.78 is 10.9. The summed E-state index contributed by atoms with van der Waals surface area (Å²) in [5.41, 5.74) is -0.931. The Morgan fingerprint density at radius 3 is 2.47 bits per heavy atom. The summed E-state index contributed by atoms with van der Waals surface area (Å²) in [6.45, 7) is 5.39. The van der Waals surface area contributed by atoms with Gasteiger partial charge in [-0.2, -0.15) is 0 Å². The summed E-state index contributed by atoms with van der Waals surface area (Å²) in [5, 5.41) is 22.9. The number of para-hydroxylation sites is 1. The van der Waals surface area contributed by atoms with Gasteiger partial charge in [-0.3, -0.25) is 0 Å². The zero-order valence-electron chi connectivity index (χ0n) is 17.5. The maximum absolute atomic E-state index is 13.1. The fourth-order valence-corrected chi connectivity index (χ4v) is 4.03. The third kappa shape index (κ3) is 3.50. The number of hydrogen-bond acceptors (Lipinski definition) is 6. The number of benzene rings is 1. The number of hydrogen-bond donors (Lipinski definition) is 2. The molecule has 4 rings (SSSR count). The van der Waals surface area contributed by atoms with Crippen molar-refractivity contribution in [2.45, 2.75) is 25.7 Å². The number of fused-ring (bicyclic) bond motifs is 2. The maximum atomic E-state index is 13.1. The molecule has 1 unspecified atom stereocenters. The second kappa shape index (κ2) is 8.59. The highest BCUT2D eigenvalue weighted by Crippen LogP contribution is 2.39. The van der Waals surface area contributed by atoms with E-state index in [4.69, 9.17) is 8.83 Å². The fourth-order valence-electron chi connectivity index (χ4n) is 4.03. The molecule has 2 heterocycles. The first-order valence-electron chi connectivity index (χ1n) is 10.2. The minimum absolute atomic E-state index is 0.144. The van der Waals surface area contributed by atoms with E-state index in [-0.39, 0.29) is 28.2 Å². The van der Waals surface area contributed by atoms with Crippen LogP contribution in [0.3, 0.4) is 0 Å². The Hall–Kier alpha value is -4.06. The predicted octanol–water partition coefficient (Wildman–Crippen LogP) is 3.33. The van der Waals surface area contributed by atoms with Crippen molar-refractivity contribution in [3.05, 3.63) is 103 Å². The number of aromatic hydroxyl groups is 2. The predicted molar refractivity (Wildman–Crippen MR) is 123 cm³/mol. The molecular formula is C26H22O6. The van der Waals surface area contributed by atoms with Crippen molar-refractivity contribution in [3.63, 3.8) is 0 Å². The van der Waals surface area contributed by atoms with E-state index in [9.17, 15) is 19.8 Å². The minimum Gasteiger partial charge on any atom is -0.507 e. The van der Waals surface area contributed by atoms with Crippen LogP contribution in [0.2, 0.25) is 0 Å². The Kier molecular flexibility index (Phi) is 5.69. The Morgan fingerprint density at radius 2 is 1.72 bits per heavy atom. The van der Waals surface area contributed by atoms with Crippen LogP contribution in [0, 0.1) is 0 Å². The zero-order valence-corrected chi connectivity index (χ0v) is 17.5. The lowest BCUT2D eigenvalue weighted by molar-refractivity contribution is 0.406. The van der Waals surface area contributed by atoms with Gasteiger partial charge in [0.25, 0.3) is 0 Å². The van der Waals surface area contributed by atoms with Crippen molar-refractivity contribution in [1.82, 2.24) is 0 Å². The number of rotatable bonds is 5. The molecule has 162 valence electrons. The molecule has 6 nitrogen and oxygen atoms in total. The van der Waals surface area contributed by atoms with Gasteiger partial charge < -0.3 is 19.0 Å². The van der Waals surface area contributed by atoms with Crippen molar-refractivity contribution in [3.8, 4) is 11.5 Å². The van der Waals surface area contributed by atoms with Crippen LogP contribution < -0.4 is 21.9 Å². The van der Waals surface area contributed by atoms with E-state index in [1.165, 1.54) is 0 Å². The lowest BCUT2D eigenvalue weighted by atomic mass is 9.84. The molecule has 6 heteroatoms. The minimum atomic E-state index is -1.13. The third-order valence-corrected chi connectivity index (χ3v) is 5.53. The van der Waals surface area contributed by atoms with Crippen molar-refractivity contribution in [2.75, 3.05) is 0 Å². The van der Waals surface area contributed by atoms with Crippen LogP contribution in [0.15, 0.2) is 79.1 Å². The molecule has 0 bridgehead atoms. The van der Waals surface area contributed by atoms with Gasteiger partial charge in [0.05, 0.1) is 27.6 Å². The average molecular weight is 430 g/mol. The van der Waals surface area contributed by atoms with Gasteiger partial charge in [-0.1, -0.05) is 49.1 Å². The zero-order chi connectivity index (χ0) is 22.8. The second-order valence-electron chi connectivity index (χ2n) is 7.38. The second-order valence-corrected chi connectivity index (χ2v) is 7.38. The molecule has 1 aliphatic rings. The molecule has 32 heavy (non-hydrogen) atoms. The molecule has 0 saturated carbocycles. The van der Waals surface area contributed by atoms with Gasteiger partial charge in [0.15, 0.2) is 0 Å². The molecule has 0 radical (unpaired) electrons. The molecule has 3 aromatic rings. The van der Waals surface area contributed by atoms with E-state index in [1.54, 1.807) is 67.6 Å².